The Hall–Kier alpha value is -1.00. The van der Waals surface area contributed by atoms with Crippen molar-refractivity contribution in [2.75, 3.05) is 0 Å². The van der Waals surface area contributed by atoms with Gasteiger partial charge in [-0.1, -0.05) is 31.0 Å². The molecule has 0 aromatic heterocycles. The molecule has 1 aliphatic carbocycles. The predicted octanol–water partition coefficient (Wildman–Crippen LogP) is 3.17. The topological polar surface area (TPSA) is 57.5 Å². The predicted molar refractivity (Wildman–Crippen MR) is 76.3 cm³/mol. The molecule has 0 aliphatic heterocycles. The van der Waals surface area contributed by atoms with Crippen LogP contribution in [0.5, 0.6) is 0 Å². The summed E-state index contributed by atoms with van der Waals surface area (Å²) in [5, 5.41) is 19.6. The molecule has 1 saturated carbocycles. The van der Waals surface area contributed by atoms with Crippen LogP contribution in [-0.4, -0.2) is 27.0 Å². The van der Waals surface area contributed by atoms with Gasteiger partial charge >= 0.3 is 5.97 Å². The standard InChI is InChI=1S/C15H20O3S/c1-11(14(17)18)13(16)15(9-5-6-10-15)19-12-7-3-2-4-8-12/h2-4,7-8,11,13,16H,5-6,9-10H2,1H3,(H,17,18)/t11-,13-/m0/s1. The Kier molecular flexibility index (Phi) is 4.53. The average Bonchev–Trinajstić information content (AvgIpc) is 2.87. The lowest BCUT2D eigenvalue weighted by Gasteiger charge is -2.35. The number of aliphatic hydroxyl groups excluding tert-OH is 1. The molecule has 104 valence electrons. The zero-order valence-electron chi connectivity index (χ0n) is 11.1. The Balaban J connectivity index is 2.20. The molecule has 1 aromatic carbocycles. The van der Waals surface area contributed by atoms with Gasteiger partial charge in [0.25, 0.3) is 0 Å². The van der Waals surface area contributed by atoms with Crippen LogP contribution in [0, 0.1) is 5.92 Å². The van der Waals surface area contributed by atoms with Crippen molar-refractivity contribution in [2.45, 2.75) is 48.4 Å². The molecule has 19 heavy (non-hydrogen) atoms. The fourth-order valence-corrected chi connectivity index (χ4v) is 4.33. The molecular formula is C15H20O3S. The Labute approximate surface area is 118 Å². The third kappa shape index (κ3) is 3.12. The number of carbonyl (C=O) groups is 1. The van der Waals surface area contributed by atoms with E-state index in [1.165, 1.54) is 0 Å². The average molecular weight is 280 g/mol. The van der Waals surface area contributed by atoms with Crippen LogP contribution in [0.3, 0.4) is 0 Å². The van der Waals surface area contributed by atoms with Crippen LogP contribution in [0.15, 0.2) is 35.2 Å². The van der Waals surface area contributed by atoms with Crippen molar-refractivity contribution in [2.24, 2.45) is 5.92 Å². The zero-order valence-corrected chi connectivity index (χ0v) is 11.9. The quantitative estimate of drug-likeness (QED) is 0.869. The molecular weight excluding hydrogens is 260 g/mol. The van der Waals surface area contributed by atoms with E-state index in [1.807, 2.05) is 30.3 Å². The van der Waals surface area contributed by atoms with E-state index in [0.717, 1.165) is 30.6 Å². The van der Waals surface area contributed by atoms with E-state index in [0.29, 0.717) is 0 Å². The second-order valence-corrected chi connectivity index (χ2v) is 6.75. The van der Waals surface area contributed by atoms with Crippen LogP contribution in [0.2, 0.25) is 0 Å². The molecule has 0 spiro atoms. The smallest absolute Gasteiger partial charge is 0.308 e. The fraction of sp³-hybridized carbons (Fsp3) is 0.533. The largest absolute Gasteiger partial charge is 0.481 e. The monoisotopic (exact) mass is 280 g/mol. The van der Waals surface area contributed by atoms with Gasteiger partial charge in [0.15, 0.2) is 0 Å². The summed E-state index contributed by atoms with van der Waals surface area (Å²) in [5.41, 5.74) is 0. The third-order valence-electron chi connectivity index (χ3n) is 3.92. The van der Waals surface area contributed by atoms with Gasteiger partial charge in [0, 0.05) is 9.64 Å². The van der Waals surface area contributed by atoms with E-state index in [2.05, 4.69) is 0 Å². The molecule has 0 amide bonds. The minimum absolute atomic E-state index is 0.348. The van der Waals surface area contributed by atoms with E-state index in [-0.39, 0.29) is 4.75 Å². The van der Waals surface area contributed by atoms with E-state index < -0.39 is 18.0 Å². The molecule has 4 heteroatoms. The molecule has 0 heterocycles. The van der Waals surface area contributed by atoms with Gasteiger partial charge in [0.05, 0.1) is 12.0 Å². The Morgan fingerprint density at radius 3 is 2.37 bits per heavy atom. The van der Waals surface area contributed by atoms with E-state index in [4.69, 9.17) is 5.11 Å². The normalized spacial score (nSPS) is 20.9. The number of hydrogen-bond acceptors (Lipinski definition) is 3. The molecule has 2 rings (SSSR count). The minimum Gasteiger partial charge on any atom is -0.481 e. The van der Waals surface area contributed by atoms with E-state index in [1.54, 1.807) is 18.7 Å². The first-order valence-electron chi connectivity index (χ1n) is 6.70. The molecule has 0 radical (unpaired) electrons. The van der Waals surface area contributed by atoms with Crippen LogP contribution >= 0.6 is 11.8 Å². The maximum absolute atomic E-state index is 11.1. The van der Waals surface area contributed by atoms with E-state index >= 15 is 0 Å². The van der Waals surface area contributed by atoms with Gasteiger partial charge < -0.3 is 10.2 Å². The highest BCUT2D eigenvalue weighted by molar-refractivity contribution is 8.00. The first kappa shape index (κ1) is 14.4. The van der Waals surface area contributed by atoms with E-state index in [9.17, 15) is 9.90 Å². The maximum atomic E-state index is 11.1. The van der Waals surface area contributed by atoms with Gasteiger partial charge in [-0.2, -0.15) is 0 Å². The minimum atomic E-state index is -0.924. The number of rotatable bonds is 5. The van der Waals surface area contributed by atoms with Gasteiger partial charge in [0.2, 0.25) is 0 Å². The highest BCUT2D eigenvalue weighted by Gasteiger charge is 2.45. The summed E-state index contributed by atoms with van der Waals surface area (Å²) in [6, 6.07) is 9.93. The number of aliphatic carboxylic acids is 1. The van der Waals surface area contributed by atoms with Crippen molar-refractivity contribution in [3.05, 3.63) is 30.3 Å². The van der Waals surface area contributed by atoms with Crippen LogP contribution in [0.4, 0.5) is 0 Å². The van der Waals surface area contributed by atoms with Gasteiger partial charge in [-0.05, 0) is 31.9 Å². The van der Waals surface area contributed by atoms with Crippen molar-refractivity contribution in [1.29, 1.82) is 0 Å². The van der Waals surface area contributed by atoms with Crippen molar-refractivity contribution in [3.8, 4) is 0 Å². The summed E-state index contributed by atoms with van der Waals surface area (Å²) in [5.74, 6) is -1.65. The number of carboxylic acid groups (broad SMARTS) is 1. The van der Waals surface area contributed by atoms with Crippen LogP contribution in [0.25, 0.3) is 0 Å². The summed E-state index contributed by atoms with van der Waals surface area (Å²) in [6.07, 6.45) is 3.07. The molecule has 1 aliphatic rings. The number of aliphatic hydroxyl groups is 1. The molecule has 0 saturated heterocycles. The second-order valence-electron chi connectivity index (χ2n) is 5.26. The molecule has 3 nitrogen and oxygen atoms in total. The zero-order chi connectivity index (χ0) is 13.9. The Morgan fingerprint density at radius 1 is 1.26 bits per heavy atom. The molecule has 2 N–H and O–H groups in total. The number of thioether (sulfide) groups is 1. The van der Waals surface area contributed by atoms with Crippen LogP contribution in [0.1, 0.15) is 32.6 Å². The Bertz CT molecular complexity index is 426. The van der Waals surface area contributed by atoms with Gasteiger partial charge in [0.1, 0.15) is 0 Å². The molecule has 0 unspecified atom stereocenters. The van der Waals surface area contributed by atoms with Crippen molar-refractivity contribution >= 4 is 17.7 Å². The van der Waals surface area contributed by atoms with Crippen molar-refractivity contribution in [1.82, 2.24) is 0 Å². The number of hydrogen-bond donors (Lipinski definition) is 2. The second kappa shape index (κ2) is 5.97. The lowest BCUT2D eigenvalue weighted by molar-refractivity contribution is -0.145. The third-order valence-corrected chi connectivity index (χ3v) is 5.48. The number of carboxylic acids is 1. The first-order chi connectivity index (χ1) is 9.05. The number of benzene rings is 1. The summed E-state index contributed by atoms with van der Waals surface area (Å²) >= 11 is 1.64. The SMILES string of the molecule is C[C@H](C(=O)O)[C@H](O)C1(Sc2ccccc2)CCCC1. The maximum Gasteiger partial charge on any atom is 0.308 e. The van der Waals surface area contributed by atoms with Crippen molar-refractivity contribution < 1.29 is 15.0 Å². The van der Waals surface area contributed by atoms with Crippen molar-refractivity contribution in [3.63, 3.8) is 0 Å². The fourth-order valence-electron chi connectivity index (χ4n) is 2.75. The lowest BCUT2D eigenvalue weighted by Crippen LogP contribution is -2.43. The van der Waals surface area contributed by atoms with Gasteiger partial charge in [-0.3, -0.25) is 4.79 Å². The molecule has 2 atom stereocenters. The first-order valence-corrected chi connectivity index (χ1v) is 7.52. The summed E-state index contributed by atoms with van der Waals surface area (Å²) in [7, 11) is 0. The highest BCUT2D eigenvalue weighted by Crippen LogP contribution is 2.49. The van der Waals surface area contributed by atoms with Gasteiger partial charge in [-0.25, -0.2) is 0 Å². The van der Waals surface area contributed by atoms with Crippen LogP contribution < -0.4 is 0 Å². The van der Waals surface area contributed by atoms with Crippen LogP contribution in [-0.2, 0) is 4.79 Å². The lowest BCUT2D eigenvalue weighted by atomic mass is 9.90. The molecule has 1 fully saturated rings. The molecule has 1 aromatic rings. The highest BCUT2D eigenvalue weighted by atomic mass is 32.2. The Morgan fingerprint density at radius 2 is 1.84 bits per heavy atom. The summed E-state index contributed by atoms with van der Waals surface area (Å²) < 4.78 is -0.348. The van der Waals surface area contributed by atoms with Gasteiger partial charge in [-0.15, -0.1) is 11.8 Å². The molecule has 0 bridgehead atoms. The summed E-state index contributed by atoms with van der Waals surface area (Å²) in [4.78, 5) is 12.2. The summed E-state index contributed by atoms with van der Waals surface area (Å²) in [6.45, 7) is 1.60.